The van der Waals surface area contributed by atoms with Gasteiger partial charge in [-0.15, -0.1) is 6.42 Å². The Kier molecular flexibility index (Phi) is 5.76. The molecule has 0 aliphatic rings. The number of terminal acetylenes is 1. The zero-order chi connectivity index (χ0) is 16.7. The Morgan fingerprint density at radius 2 is 1.91 bits per heavy atom. The van der Waals surface area contributed by atoms with E-state index in [-0.39, 0.29) is 18.2 Å². The molecular weight excluding hydrogens is 293 g/mol. The van der Waals surface area contributed by atoms with E-state index >= 15 is 0 Å². The quantitative estimate of drug-likeness (QED) is 0.606. The van der Waals surface area contributed by atoms with Gasteiger partial charge in [-0.2, -0.15) is 0 Å². The number of ether oxygens (including phenoxy) is 1. The topological polar surface area (TPSA) is 29.5 Å². The number of benzene rings is 2. The van der Waals surface area contributed by atoms with Crippen molar-refractivity contribution in [3.05, 3.63) is 65.5 Å². The molecule has 0 aliphatic heterocycles. The lowest BCUT2D eigenvalue weighted by Crippen LogP contribution is -2.23. The van der Waals surface area contributed by atoms with Gasteiger partial charge in [-0.1, -0.05) is 36.3 Å². The third kappa shape index (κ3) is 4.58. The second-order valence-electron chi connectivity index (χ2n) is 5.07. The first-order valence-corrected chi connectivity index (χ1v) is 7.21. The minimum absolute atomic E-state index is 0.221. The van der Waals surface area contributed by atoms with Gasteiger partial charge in [0.2, 0.25) is 0 Å². The van der Waals surface area contributed by atoms with Crippen LogP contribution in [0.25, 0.3) is 0 Å². The van der Waals surface area contributed by atoms with Gasteiger partial charge >= 0.3 is 5.97 Å². The molecule has 0 heterocycles. The van der Waals surface area contributed by atoms with E-state index in [4.69, 9.17) is 6.42 Å². The number of esters is 1. The van der Waals surface area contributed by atoms with Crippen LogP contribution in [0, 0.1) is 18.2 Å². The van der Waals surface area contributed by atoms with Crippen molar-refractivity contribution < 1.29 is 13.9 Å². The SMILES string of the molecule is C#CCN(Cc1ccccc1F)c1ccc(CC(=O)OC)cc1. The van der Waals surface area contributed by atoms with Gasteiger partial charge in [0, 0.05) is 17.8 Å². The van der Waals surface area contributed by atoms with Crippen molar-refractivity contribution in [2.45, 2.75) is 13.0 Å². The molecule has 0 radical (unpaired) electrons. The fraction of sp³-hybridized carbons (Fsp3) is 0.211. The van der Waals surface area contributed by atoms with Gasteiger partial charge in [-0.05, 0) is 23.8 Å². The molecule has 0 unspecified atom stereocenters. The Morgan fingerprint density at radius 3 is 2.52 bits per heavy atom. The summed E-state index contributed by atoms with van der Waals surface area (Å²) in [5, 5.41) is 0. The number of nitrogens with zero attached hydrogens (tertiary/aromatic N) is 1. The van der Waals surface area contributed by atoms with Crippen molar-refractivity contribution in [1.82, 2.24) is 0 Å². The summed E-state index contributed by atoms with van der Waals surface area (Å²) in [4.78, 5) is 13.2. The predicted octanol–water partition coefficient (Wildman–Crippen LogP) is 3.18. The molecule has 0 amide bonds. The third-order valence-electron chi connectivity index (χ3n) is 3.48. The largest absolute Gasteiger partial charge is 0.469 e. The first kappa shape index (κ1) is 16.6. The molecule has 0 fully saturated rings. The van der Waals surface area contributed by atoms with Gasteiger partial charge in [-0.3, -0.25) is 4.79 Å². The lowest BCUT2D eigenvalue weighted by molar-refractivity contribution is -0.139. The zero-order valence-corrected chi connectivity index (χ0v) is 13.0. The van der Waals surface area contributed by atoms with Crippen molar-refractivity contribution in [3.8, 4) is 12.3 Å². The highest BCUT2D eigenvalue weighted by atomic mass is 19.1. The Hall–Kier alpha value is -2.80. The van der Waals surface area contributed by atoms with E-state index < -0.39 is 0 Å². The molecule has 0 aliphatic carbocycles. The molecular formula is C19H18FNO2. The Balaban J connectivity index is 2.16. The van der Waals surface area contributed by atoms with Crippen LogP contribution in [0.5, 0.6) is 0 Å². The van der Waals surface area contributed by atoms with Crippen molar-refractivity contribution in [3.63, 3.8) is 0 Å². The van der Waals surface area contributed by atoms with Crippen LogP contribution < -0.4 is 4.90 Å². The highest BCUT2D eigenvalue weighted by Gasteiger charge is 2.10. The Morgan fingerprint density at radius 1 is 1.22 bits per heavy atom. The number of anilines is 1. The number of hydrogen-bond acceptors (Lipinski definition) is 3. The van der Waals surface area contributed by atoms with E-state index in [1.165, 1.54) is 13.2 Å². The average Bonchev–Trinajstić information content (AvgIpc) is 2.57. The molecule has 118 valence electrons. The lowest BCUT2D eigenvalue weighted by atomic mass is 10.1. The summed E-state index contributed by atoms with van der Waals surface area (Å²) in [6.45, 7) is 0.748. The molecule has 3 nitrogen and oxygen atoms in total. The second kappa shape index (κ2) is 8.00. The maximum atomic E-state index is 13.8. The number of carbonyl (C=O) groups excluding carboxylic acids is 1. The number of methoxy groups -OCH3 is 1. The van der Waals surface area contributed by atoms with Crippen molar-refractivity contribution >= 4 is 11.7 Å². The van der Waals surface area contributed by atoms with Gasteiger partial charge in [0.05, 0.1) is 20.1 Å². The molecule has 0 saturated heterocycles. The summed E-state index contributed by atoms with van der Waals surface area (Å²) in [6.07, 6.45) is 5.65. The van der Waals surface area contributed by atoms with Crippen molar-refractivity contribution in [2.24, 2.45) is 0 Å². The summed E-state index contributed by atoms with van der Waals surface area (Å²) in [5.74, 6) is 2.05. The maximum Gasteiger partial charge on any atom is 0.309 e. The van der Waals surface area contributed by atoms with Crippen LogP contribution in [0.3, 0.4) is 0 Å². The van der Waals surface area contributed by atoms with Crippen LogP contribution in [0.4, 0.5) is 10.1 Å². The van der Waals surface area contributed by atoms with Crippen LogP contribution in [-0.4, -0.2) is 19.6 Å². The average molecular weight is 311 g/mol. The third-order valence-corrected chi connectivity index (χ3v) is 3.48. The zero-order valence-electron chi connectivity index (χ0n) is 13.0. The standard InChI is InChI=1S/C19H18FNO2/c1-3-12-21(14-16-6-4-5-7-18(16)20)17-10-8-15(9-11-17)13-19(22)23-2/h1,4-11H,12-14H2,2H3. The minimum atomic E-state index is -0.287. The molecule has 0 N–H and O–H groups in total. The molecule has 23 heavy (non-hydrogen) atoms. The highest BCUT2D eigenvalue weighted by molar-refractivity contribution is 5.72. The monoisotopic (exact) mass is 311 g/mol. The summed E-state index contributed by atoms with van der Waals surface area (Å²) in [7, 11) is 1.36. The number of hydrogen-bond donors (Lipinski definition) is 0. The van der Waals surface area contributed by atoms with Crippen LogP contribution in [-0.2, 0) is 22.5 Å². The Bertz CT molecular complexity index is 704. The number of carbonyl (C=O) groups is 1. The van der Waals surface area contributed by atoms with Gasteiger partial charge < -0.3 is 9.64 Å². The normalized spacial score (nSPS) is 9.96. The van der Waals surface area contributed by atoms with Gasteiger partial charge in [0.15, 0.2) is 0 Å². The lowest BCUT2D eigenvalue weighted by Gasteiger charge is -2.23. The van der Waals surface area contributed by atoms with Crippen LogP contribution in [0.15, 0.2) is 48.5 Å². The van der Waals surface area contributed by atoms with E-state index in [9.17, 15) is 9.18 Å². The first-order valence-electron chi connectivity index (χ1n) is 7.21. The number of rotatable bonds is 6. The summed E-state index contributed by atoms with van der Waals surface area (Å²) in [5.41, 5.74) is 2.31. The van der Waals surface area contributed by atoms with Gasteiger partial charge in [0.25, 0.3) is 0 Å². The van der Waals surface area contributed by atoms with Gasteiger partial charge in [-0.25, -0.2) is 4.39 Å². The highest BCUT2D eigenvalue weighted by Crippen LogP contribution is 2.19. The van der Waals surface area contributed by atoms with Crippen molar-refractivity contribution in [1.29, 1.82) is 0 Å². The molecule has 4 heteroatoms. The molecule has 0 aromatic heterocycles. The first-order chi connectivity index (χ1) is 11.1. The van der Waals surface area contributed by atoms with Crippen molar-refractivity contribution in [2.75, 3.05) is 18.6 Å². The second-order valence-corrected chi connectivity index (χ2v) is 5.07. The summed E-state index contributed by atoms with van der Waals surface area (Å²) >= 11 is 0. The predicted molar refractivity (Wildman–Crippen MR) is 88.4 cm³/mol. The number of halogens is 1. The van der Waals surface area contributed by atoms with Crippen LogP contribution in [0.1, 0.15) is 11.1 Å². The minimum Gasteiger partial charge on any atom is -0.469 e. The fourth-order valence-electron chi connectivity index (χ4n) is 2.24. The van der Waals surface area contributed by atoms with Crippen LogP contribution in [0.2, 0.25) is 0 Å². The van der Waals surface area contributed by atoms with Crippen LogP contribution >= 0.6 is 0 Å². The summed E-state index contributed by atoms with van der Waals surface area (Å²) < 4.78 is 18.5. The van der Waals surface area contributed by atoms with E-state index in [0.29, 0.717) is 18.7 Å². The molecule has 0 saturated carbocycles. The van der Waals surface area contributed by atoms with Gasteiger partial charge in [0.1, 0.15) is 5.82 Å². The Labute approximate surface area is 135 Å². The maximum absolute atomic E-state index is 13.8. The molecule has 2 aromatic carbocycles. The molecule has 0 atom stereocenters. The molecule has 0 bridgehead atoms. The molecule has 2 aromatic rings. The molecule has 2 rings (SSSR count). The molecule has 0 spiro atoms. The summed E-state index contributed by atoms with van der Waals surface area (Å²) in [6, 6.07) is 14.1. The fourth-order valence-corrected chi connectivity index (χ4v) is 2.24. The van der Waals surface area contributed by atoms with E-state index in [2.05, 4.69) is 10.7 Å². The van der Waals surface area contributed by atoms with E-state index in [1.807, 2.05) is 29.2 Å². The van der Waals surface area contributed by atoms with E-state index in [1.54, 1.807) is 18.2 Å². The smallest absolute Gasteiger partial charge is 0.309 e. The van der Waals surface area contributed by atoms with E-state index in [0.717, 1.165) is 11.3 Å².